The molecule has 0 radical (unpaired) electrons. The number of carbonyl (C=O) groups excluding carboxylic acids is 2. The van der Waals surface area contributed by atoms with Crippen LogP contribution in [0.1, 0.15) is 37.5 Å². The highest BCUT2D eigenvalue weighted by Gasteiger charge is 2.34. The Morgan fingerprint density at radius 1 is 0.816 bits per heavy atom. The molecule has 8 heteroatoms. The number of aliphatic carboxylic acids is 1. The summed E-state index contributed by atoms with van der Waals surface area (Å²) >= 11 is 0. The molecule has 0 unspecified atom stereocenters. The van der Waals surface area contributed by atoms with Crippen LogP contribution in [0.4, 0.5) is 4.79 Å². The van der Waals surface area contributed by atoms with Gasteiger partial charge in [-0.15, -0.1) is 0 Å². The number of carboxylic acids is 1. The molecule has 0 aliphatic rings. The van der Waals surface area contributed by atoms with Gasteiger partial charge in [0.25, 0.3) is 0 Å². The van der Waals surface area contributed by atoms with E-state index in [9.17, 15) is 19.5 Å². The minimum Gasteiger partial charge on any atom is -0.489 e. The fraction of sp³-hybridized carbons (Fsp3) is 0.300. The van der Waals surface area contributed by atoms with Gasteiger partial charge >= 0.3 is 12.1 Å². The number of carbonyl (C=O) groups is 3. The molecular formula is C30H34N2O6. The first-order valence-corrected chi connectivity index (χ1v) is 12.4. The van der Waals surface area contributed by atoms with Crippen LogP contribution in [0, 0.1) is 0 Å². The first kappa shape index (κ1) is 28.2. The lowest BCUT2D eigenvalue weighted by molar-refractivity contribution is -0.149. The minimum absolute atomic E-state index is 0.0408. The van der Waals surface area contributed by atoms with Gasteiger partial charge in [0.15, 0.2) is 0 Å². The number of alkyl carbamates (subject to hydrolysis) is 1. The molecule has 3 aromatic carbocycles. The molecule has 0 aliphatic carbocycles. The highest BCUT2D eigenvalue weighted by molar-refractivity contribution is 5.89. The Balaban J connectivity index is 1.72. The van der Waals surface area contributed by atoms with E-state index >= 15 is 0 Å². The van der Waals surface area contributed by atoms with Crippen LogP contribution in [-0.4, -0.2) is 46.1 Å². The molecule has 0 aromatic heterocycles. The highest BCUT2D eigenvalue weighted by Crippen LogP contribution is 2.19. The predicted molar refractivity (Wildman–Crippen MR) is 144 cm³/mol. The summed E-state index contributed by atoms with van der Waals surface area (Å²) in [4.78, 5) is 38.9. The summed E-state index contributed by atoms with van der Waals surface area (Å²) in [5.74, 6) is -0.988. The molecule has 1 atom stereocenters. The van der Waals surface area contributed by atoms with Gasteiger partial charge in [0.1, 0.15) is 31.5 Å². The van der Waals surface area contributed by atoms with Crippen LogP contribution >= 0.6 is 0 Å². The van der Waals surface area contributed by atoms with Crippen LogP contribution in [-0.2, 0) is 34.0 Å². The summed E-state index contributed by atoms with van der Waals surface area (Å²) in [6.07, 6.45) is -0.621. The topological polar surface area (TPSA) is 105 Å². The molecule has 0 saturated heterocycles. The van der Waals surface area contributed by atoms with Crippen LogP contribution in [0.5, 0.6) is 5.75 Å². The van der Waals surface area contributed by atoms with Crippen molar-refractivity contribution in [1.29, 1.82) is 0 Å². The van der Waals surface area contributed by atoms with Crippen molar-refractivity contribution in [3.8, 4) is 5.75 Å². The van der Waals surface area contributed by atoms with Gasteiger partial charge < -0.3 is 24.8 Å². The van der Waals surface area contributed by atoms with Crippen molar-refractivity contribution in [2.75, 3.05) is 6.54 Å². The molecule has 8 nitrogen and oxygen atoms in total. The number of hydrogen-bond donors (Lipinski definition) is 2. The van der Waals surface area contributed by atoms with Crippen molar-refractivity contribution in [3.63, 3.8) is 0 Å². The van der Waals surface area contributed by atoms with Crippen molar-refractivity contribution in [3.05, 3.63) is 102 Å². The zero-order chi connectivity index (χ0) is 27.5. The van der Waals surface area contributed by atoms with Crippen LogP contribution in [0.25, 0.3) is 0 Å². The van der Waals surface area contributed by atoms with Crippen molar-refractivity contribution in [2.24, 2.45) is 0 Å². The maximum Gasteiger partial charge on any atom is 0.408 e. The highest BCUT2D eigenvalue weighted by atomic mass is 16.5. The molecule has 2 amide bonds. The summed E-state index contributed by atoms with van der Waals surface area (Å²) in [6.45, 7) is 5.21. The van der Waals surface area contributed by atoms with Crippen molar-refractivity contribution >= 4 is 18.0 Å². The number of carboxylic acid groups (broad SMARTS) is 1. The minimum atomic E-state index is -1.14. The third-order valence-electron chi connectivity index (χ3n) is 5.78. The molecule has 0 heterocycles. The van der Waals surface area contributed by atoms with E-state index in [2.05, 4.69) is 5.32 Å². The maximum absolute atomic E-state index is 13.5. The number of nitrogens with one attached hydrogen (secondary N) is 1. The summed E-state index contributed by atoms with van der Waals surface area (Å²) in [5, 5.41) is 12.0. The summed E-state index contributed by atoms with van der Waals surface area (Å²) in [6, 6.07) is 25.2. The monoisotopic (exact) mass is 518 g/mol. The average molecular weight is 519 g/mol. The lowest BCUT2D eigenvalue weighted by Gasteiger charge is -2.37. The maximum atomic E-state index is 13.5. The first-order chi connectivity index (χ1) is 18.1. The molecule has 2 N–H and O–H groups in total. The number of ether oxygens (including phenoxy) is 2. The number of amides is 2. The van der Waals surface area contributed by atoms with E-state index in [1.807, 2.05) is 72.8 Å². The van der Waals surface area contributed by atoms with Gasteiger partial charge in [0, 0.05) is 12.0 Å². The second kappa shape index (κ2) is 13.3. The van der Waals surface area contributed by atoms with Crippen molar-refractivity contribution in [1.82, 2.24) is 10.2 Å². The van der Waals surface area contributed by atoms with E-state index in [0.29, 0.717) is 12.4 Å². The van der Waals surface area contributed by atoms with E-state index < -0.39 is 36.1 Å². The van der Waals surface area contributed by atoms with Crippen LogP contribution < -0.4 is 10.1 Å². The van der Waals surface area contributed by atoms with E-state index in [0.717, 1.165) is 16.7 Å². The normalized spacial score (nSPS) is 11.8. The Morgan fingerprint density at radius 3 is 1.89 bits per heavy atom. The Bertz CT molecular complexity index is 1190. The summed E-state index contributed by atoms with van der Waals surface area (Å²) in [7, 11) is 0. The molecule has 3 rings (SSSR count). The molecule has 3 aromatic rings. The lowest BCUT2D eigenvalue weighted by atomic mass is 10.0. The van der Waals surface area contributed by atoms with Gasteiger partial charge in [-0.1, -0.05) is 72.8 Å². The average Bonchev–Trinajstić information content (AvgIpc) is 2.90. The van der Waals surface area contributed by atoms with E-state index in [1.54, 1.807) is 32.9 Å². The SMILES string of the molecule is CC(C)(C)N(CC(=O)O)C(=O)[C@H](Cc1ccc(OCc2ccccc2)cc1)NC(=O)OCc1ccccc1. The number of benzene rings is 3. The predicted octanol–water partition coefficient (Wildman–Crippen LogP) is 4.81. The number of hydrogen-bond acceptors (Lipinski definition) is 5. The molecule has 38 heavy (non-hydrogen) atoms. The van der Waals surface area contributed by atoms with E-state index in [-0.39, 0.29) is 13.0 Å². The van der Waals surface area contributed by atoms with Gasteiger partial charge in [-0.05, 0) is 49.6 Å². The molecule has 0 saturated carbocycles. The van der Waals surface area contributed by atoms with Gasteiger partial charge in [-0.2, -0.15) is 0 Å². The van der Waals surface area contributed by atoms with E-state index in [4.69, 9.17) is 9.47 Å². The van der Waals surface area contributed by atoms with Crippen molar-refractivity contribution < 1.29 is 29.0 Å². The standard InChI is InChI=1S/C30H34N2O6/c1-30(2,3)32(19-27(33)34)28(35)26(31-29(36)38-21-24-12-8-5-9-13-24)18-22-14-16-25(17-15-22)37-20-23-10-6-4-7-11-23/h4-17,26H,18-21H2,1-3H3,(H,31,36)(H,33,34)/t26-/m0/s1. The molecule has 200 valence electrons. The number of nitrogens with zero attached hydrogens (tertiary/aromatic N) is 1. The molecule has 0 bridgehead atoms. The zero-order valence-corrected chi connectivity index (χ0v) is 21.9. The van der Waals surface area contributed by atoms with Gasteiger partial charge in [0.05, 0.1) is 0 Å². The lowest BCUT2D eigenvalue weighted by Crippen LogP contribution is -2.56. The molecule has 0 fully saturated rings. The molecular weight excluding hydrogens is 484 g/mol. The zero-order valence-electron chi connectivity index (χ0n) is 21.9. The third-order valence-corrected chi connectivity index (χ3v) is 5.78. The fourth-order valence-electron chi connectivity index (χ4n) is 3.77. The quantitative estimate of drug-likeness (QED) is 0.377. The third kappa shape index (κ3) is 8.96. The largest absolute Gasteiger partial charge is 0.489 e. The smallest absolute Gasteiger partial charge is 0.408 e. The Kier molecular flexibility index (Phi) is 9.87. The van der Waals surface area contributed by atoms with Gasteiger partial charge in [0.2, 0.25) is 5.91 Å². The number of rotatable bonds is 11. The first-order valence-electron chi connectivity index (χ1n) is 12.4. The Morgan fingerprint density at radius 2 is 1.37 bits per heavy atom. The van der Waals surface area contributed by atoms with Crippen molar-refractivity contribution in [2.45, 2.75) is 52.0 Å². The summed E-state index contributed by atoms with van der Waals surface area (Å²) in [5.41, 5.74) is 1.83. The second-order valence-corrected chi connectivity index (χ2v) is 9.87. The fourth-order valence-corrected chi connectivity index (χ4v) is 3.77. The van der Waals surface area contributed by atoms with E-state index in [1.165, 1.54) is 4.90 Å². The Labute approximate surface area is 223 Å². The van der Waals surface area contributed by atoms with Gasteiger partial charge in [-0.25, -0.2) is 4.79 Å². The van der Waals surface area contributed by atoms with Crippen LogP contribution in [0.3, 0.4) is 0 Å². The second-order valence-electron chi connectivity index (χ2n) is 9.87. The Hall–Kier alpha value is -4.33. The van der Waals surface area contributed by atoms with Crippen LogP contribution in [0.15, 0.2) is 84.9 Å². The summed E-state index contributed by atoms with van der Waals surface area (Å²) < 4.78 is 11.2. The van der Waals surface area contributed by atoms with Crippen LogP contribution in [0.2, 0.25) is 0 Å². The molecule has 0 aliphatic heterocycles. The van der Waals surface area contributed by atoms with Gasteiger partial charge in [-0.3, -0.25) is 9.59 Å². The molecule has 0 spiro atoms.